The Morgan fingerprint density at radius 3 is 2.45 bits per heavy atom. The van der Waals surface area contributed by atoms with Crippen LogP contribution in [0.15, 0.2) is 73.1 Å². The summed E-state index contributed by atoms with van der Waals surface area (Å²) < 4.78 is 72.9. The Balaban J connectivity index is 0.830. The first kappa shape index (κ1) is 41.2. The zero-order valence-corrected chi connectivity index (χ0v) is 33.9. The van der Waals surface area contributed by atoms with Crippen LogP contribution in [0.1, 0.15) is 62.8 Å². The number of benzene rings is 3. The van der Waals surface area contributed by atoms with Crippen LogP contribution in [0.5, 0.6) is 0 Å². The lowest BCUT2D eigenvalue weighted by Crippen LogP contribution is -2.52. The minimum Gasteiger partial charge on any atom is -0.387 e. The number of alkyl halides is 1. The standard InChI is InChI=1S/C43H41F3N8O7S/c44-28-11-12-53(22-28)62(60,61)50-34-8-7-33(45)38(39(34)46)40(57)32-20-48-41-31(32)18-26(19-47-41)24-1-4-29(5-2-24)52-15-13-51(14-16-52)23-36(55)25-3-6-30-27(17-25)21-54(43(30)59)35-9-10-37(56)49-42(35)58/h1-8,17-20,28,35-36,50,55H,9-16,21-23H2,(H,47,48)(H,49,56,58)/t28-,35?,36?/m1/s1. The van der Waals surface area contributed by atoms with Crippen molar-refractivity contribution >= 4 is 56.1 Å². The fourth-order valence-corrected chi connectivity index (χ4v) is 9.91. The van der Waals surface area contributed by atoms with Gasteiger partial charge >= 0.3 is 10.2 Å². The van der Waals surface area contributed by atoms with Gasteiger partial charge in [0.1, 0.15) is 23.7 Å². The minimum atomic E-state index is -4.37. The molecule has 0 spiro atoms. The number of fused-ring (bicyclic) bond motifs is 2. The number of piperazine rings is 1. The van der Waals surface area contributed by atoms with Gasteiger partial charge < -0.3 is 19.9 Å². The third-order valence-electron chi connectivity index (χ3n) is 12.1. The number of pyridine rings is 1. The Hall–Kier alpha value is -6.15. The van der Waals surface area contributed by atoms with E-state index in [2.05, 4.69) is 25.1 Å². The van der Waals surface area contributed by atoms with Gasteiger partial charge in [-0.2, -0.15) is 12.7 Å². The van der Waals surface area contributed by atoms with Gasteiger partial charge in [-0.1, -0.05) is 24.3 Å². The van der Waals surface area contributed by atoms with Crippen molar-refractivity contribution in [2.45, 2.75) is 44.1 Å². The van der Waals surface area contributed by atoms with Gasteiger partial charge in [0.05, 0.1) is 17.4 Å². The summed E-state index contributed by atoms with van der Waals surface area (Å²) in [5.74, 6) is -4.70. The van der Waals surface area contributed by atoms with Gasteiger partial charge in [-0.15, -0.1) is 0 Å². The van der Waals surface area contributed by atoms with E-state index in [4.69, 9.17) is 0 Å². The molecule has 0 bridgehead atoms. The number of nitrogens with one attached hydrogen (secondary N) is 3. The van der Waals surface area contributed by atoms with E-state index in [0.29, 0.717) is 60.4 Å². The molecule has 9 rings (SSSR count). The van der Waals surface area contributed by atoms with Crippen LogP contribution in [0.3, 0.4) is 0 Å². The summed E-state index contributed by atoms with van der Waals surface area (Å²) in [4.78, 5) is 64.0. The molecule has 4 aliphatic rings. The topological polar surface area (TPSA) is 188 Å². The zero-order valence-electron chi connectivity index (χ0n) is 33.1. The van der Waals surface area contributed by atoms with Crippen molar-refractivity contribution in [2.24, 2.45) is 0 Å². The summed E-state index contributed by atoms with van der Waals surface area (Å²) in [6.45, 7) is 2.87. The monoisotopic (exact) mass is 870 g/mol. The second-order valence-electron chi connectivity index (χ2n) is 16.0. The number of rotatable bonds is 11. The van der Waals surface area contributed by atoms with E-state index in [9.17, 15) is 37.1 Å². The van der Waals surface area contributed by atoms with Crippen LogP contribution >= 0.6 is 0 Å². The smallest absolute Gasteiger partial charge is 0.301 e. The number of carbonyl (C=O) groups excluding carboxylic acids is 4. The van der Waals surface area contributed by atoms with Gasteiger partial charge in [-0.3, -0.25) is 34.1 Å². The highest BCUT2D eigenvalue weighted by atomic mass is 32.2. The molecule has 62 heavy (non-hydrogen) atoms. The van der Waals surface area contributed by atoms with Crippen molar-refractivity contribution in [1.29, 1.82) is 0 Å². The first-order valence-corrected chi connectivity index (χ1v) is 21.6. The van der Waals surface area contributed by atoms with Crippen molar-refractivity contribution in [3.63, 3.8) is 0 Å². The maximum atomic E-state index is 15.7. The predicted octanol–water partition coefficient (Wildman–Crippen LogP) is 4.06. The number of amides is 3. The summed E-state index contributed by atoms with van der Waals surface area (Å²) in [5, 5.41) is 13.8. The Bertz CT molecular complexity index is 2740. The summed E-state index contributed by atoms with van der Waals surface area (Å²) in [5.41, 5.74) is 2.89. The highest BCUT2D eigenvalue weighted by molar-refractivity contribution is 7.90. The quantitative estimate of drug-likeness (QED) is 0.111. The number of nitrogens with zero attached hydrogens (tertiary/aromatic N) is 5. The maximum absolute atomic E-state index is 15.7. The molecule has 0 aliphatic carbocycles. The number of piperidine rings is 1. The number of β-amino-alcohol motifs (C(OH)–C–C–N with tert-alkyl or cyclic N) is 1. The Morgan fingerprint density at radius 1 is 0.952 bits per heavy atom. The number of aliphatic hydroxyl groups excluding tert-OH is 1. The highest BCUT2D eigenvalue weighted by Gasteiger charge is 2.39. The van der Waals surface area contributed by atoms with Crippen molar-refractivity contribution in [2.75, 3.05) is 55.4 Å². The summed E-state index contributed by atoms with van der Waals surface area (Å²) >= 11 is 0. The molecule has 3 saturated heterocycles. The molecule has 0 radical (unpaired) electrons. The number of imide groups is 1. The molecule has 19 heteroatoms. The number of ketones is 1. The molecule has 4 N–H and O–H groups in total. The number of aromatic nitrogens is 2. The fourth-order valence-electron chi connectivity index (χ4n) is 8.64. The van der Waals surface area contributed by atoms with Gasteiger partial charge in [-0.05, 0) is 65.9 Å². The average Bonchev–Trinajstić information content (AvgIpc) is 3.99. The molecule has 3 fully saturated rings. The first-order valence-electron chi connectivity index (χ1n) is 20.2. The zero-order chi connectivity index (χ0) is 43.4. The molecule has 3 aromatic carbocycles. The second kappa shape index (κ2) is 16.3. The predicted molar refractivity (Wildman–Crippen MR) is 221 cm³/mol. The van der Waals surface area contributed by atoms with Crippen molar-refractivity contribution in [3.05, 3.63) is 113 Å². The summed E-state index contributed by atoms with van der Waals surface area (Å²) in [6.07, 6.45) is 1.18. The van der Waals surface area contributed by atoms with Crippen LogP contribution in [0.4, 0.5) is 24.5 Å². The second-order valence-corrected chi connectivity index (χ2v) is 17.6. The first-order chi connectivity index (χ1) is 29.7. The van der Waals surface area contributed by atoms with E-state index in [0.717, 1.165) is 33.3 Å². The van der Waals surface area contributed by atoms with Crippen LogP contribution in [0.2, 0.25) is 0 Å². The summed E-state index contributed by atoms with van der Waals surface area (Å²) in [7, 11) is -4.37. The molecule has 2 aromatic heterocycles. The average molecular weight is 871 g/mol. The lowest BCUT2D eigenvalue weighted by Gasteiger charge is -2.37. The van der Waals surface area contributed by atoms with E-state index in [1.54, 1.807) is 24.4 Å². The van der Waals surface area contributed by atoms with E-state index in [1.807, 2.05) is 35.1 Å². The van der Waals surface area contributed by atoms with E-state index in [1.165, 1.54) is 11.1 Å². The van der Waals surface area contributed by atoms with Crippen LogP contribution in [-0.4, -0.2) is 119 Å². The SMILES string of the molecule is O=C1CCC(N2Cc3cc(C(O)CN4CCN(c5ccc(-c6cnc7[nH]cc(C(=O)c8c(F)ccc(NS(=O)(=O)N9CC[C@@H](F)C9)c8F)c7c6)cc5)CC4)ccc3C2=O)C(=O)N1. The van der Waals surface area contributed by atoms with Crippen LogP contribution in [-0.2, 0) is 26.3 Å². The number of hydrogen-bond acceptors (Lipinski definition) is 10. The number of carbonyl (C=O) groups is 4. The Kier molecular flexibility index (Phi) is 10.8. The number of anilines is 2. The number of aromatic amines is 1. The molecule has 5 aromatic rings. The largest absolute Gasteiger partial charge is 0.387 e. The van der Waals surface area contributed by atoms with Crippen molar-refractivity contribution in [3.8, 4) is 11.1 Å². The number of aliphatic hydroxyl groups is 1. The van der Waals surface area contributed by atoms with Gasteiger partial charge in [-0.25, -0.2) is 18.2 Å². The third-order valence-corrected chi connectivity index (χ3v) is 13.6. The number of halogens is 3. The molecule has 6 heterocycles. The van der Waals surface area contributed by atoms with Crippen LogP contribution < -0.4 is 14.9 Å². The molecule has 3 atom stereocenters. The lowest BCUT2D eigenvalue weighted by atomic mass is 9.99. The van der Waals surface area contributed by atoms with E-state index in [-0.39, 0.29) is 49.7 Å². The minimum absolute atomic E-state index is 0.00756. The fraction of sp³-hybridized carbons (Fsp3) is 0.326. The van der Waals surface area contributed by atoms with Gasteiger partial charge in [0, 0.05) is 98.9 Å². The third kappa shape index (κ3) is 7.80. The molecule has 2 unspecified atom stereocenters. The number of H-pyrrole nitrogens is 1. The van der Waals surface area contributed by atoms with E-state index >= 15 is 8.78 Å². The van der Waals surface area contributed by atoms with Crippen molar-refractivity contribution in [1.82, 2.24) is 29.4 Å². The highest BCUT2D eigenvalue weighted by Crippen LogP contribution is 2.33. The molecule has 4 aliphatic heterocycles. The normalized spacial score (nSPS) is 20.5. The van der Waals surface area contributed by atoms with Gasteiger partial charge in [0.15, 0.2) is 5.82 Å². The van der Waals surface area contributed by atoms with Gasteiger partial charge in [0.2, 0.25) is 17.6 Å². The summed E-state index contributed by atoms with van der Waals surface area (Å²) in [6, 6.07) is 15.6. The Labute approximate surface area is 353 Å². The van der Waals surface area contributed by atoms with Gasteiger partial charge in [0.25, 0.3) is 5.91 Å². The molecular formula is C43H41F3N8O7S. The van der Waals surface area contributed by atoms with Crippen molar-refractivity contribution < 1.29 is 45.9 Å². The lowest BCUT2D eigenvalue weighted by molar-refractivity contribution is -0.136. The molecule has 0 saturated carbocycles. The maximum Gasteiger partial charge on any atom is 0.301 e. The molecule has 3 amide bonds. The Morgan fingerprint density at radius 2 is 1.73 bits per heavy atom. The van der Waals surface area contributed by atoms with Crippen LogP contribution in [0, 0.1) is 11.6 Å². The van der Waals surface area contributed by atoms with Crippen LogP contribution in [0.25, 0.3) is 22.2 Å². The molecule has 322 valence electrons. The van der Waals surface area contributed by atoms with E-state index < -0.39 is 69.6 Å². The molecule has 15 nitrogen and oxygen atoms in total. The molecular weight excluding hydrogens is 830 g/mol. The number of hydrogen-bond donors (Lipinski definition) is 4.